The number of nitrogen functional groups attached to an aromatic ring is 1. The van der Waals surface area contributed by atoms with Crippen molar-refractivity contribution in [2.75, 3.05) is 29.0 Å². The van der Waals surface area contributed by atoms with Gasteiger partial charge in [-0.1, -0.05) is 23.2 Å². The Balaban J connectivity index is 2.37. The smallest absolute Gasteiger partial charge is 0.257 e. The molecule has 0 aliphatic heterocycles. The first kappa shape index (κ1) is 17.4. The molecule has 0 atom stereocenters. The van der Waals surface area contributed by atoms with E-state index in [-0.39, 0.29) is 5.91 Å². The number of carbonyl (C=O) groups is 1. The summed E-state index contributed by atoms with van der Waals surface area (Å²) in [5.74, 6) is -0.323. The van der Waals surface area contributed by atoms with Gasteiger partial charge in [-0.15, -0.1) is 0 Å². The summed E-state index contributed by atoms with van der Waals surface area (Å²) >= 11 is 12.0. The van der Waals surface area contributed by atoms with E-state index in [0.29, 0.717) is 27.0 Å². The molecular weight excluding hydrogens is 333 g/mol. The fraction of sp³-hybridized carbons (Fsp3) is 0.235. The molecule has 6 heteroatoms. The number of nitrogens with one attached hydrogen (secondary N) is 1. The Labute approximate surface area is 146 Å². The van der Waals surface area contributed by atoms with Gasteiger partial charge in [0.2, 0.25) is 0 Å². The number of rotatable bonds is 5. The van der Waals surface area contributed by atoms with Crippen LogP contribution in [0.1, 0.15) is 24.2 Å². The van der Waals surface area contributed by atoms with Crippen molar-refractivity contribution < 1.29 is 4.79 Å². The molecule has 4 nitrogen and oxygen atoms in total. The molecule has 0 spiro atoms. The van der Waals surface area contributed by atoms with Gasteiger partial charge in [-0.3, -0.25) is 4.79 Å². The van der Waals surface area contributed by atoms with Crippen LogP contribution in [0.5, 0.6) is 0 Å². The summed E-state index contributed by atoms with van der Waals surface area (Å²) in [6.45, 7) is 5.75. The van der Waals surface area contributed by atoms with Gasteiger partial charge in [-0.05, 0) is 50.2 Å². The molecule has 2 rings (SSSR count). The van der Waals surface area contributed by atoms with Gasteiger partial charge in [-0.25, -0.2) is 0 Å². The van der Waals surface area contributed by atoms with Crippen LogP contribution in [0.25, 0.3) is 0 Å². The molecule has 0 unspecified atom stereocenters. The molecule has 0 heterocycles. The lowest BCUT2D eigenvalue weighted by atomic mass is 10.1. The maximum atomic E-state index is 12.5. The highest BCUT2D eigenvalue weighted by molar-refractivity contribution is 6.36. The molecule has 0 aromatic heterocycles. The van der Waals surface area contributed by atoms with Crippen molar-refractivity contribution in [1.82, 2.24) is 0 Å². The second kappa shape index (κ2) is 7.57. The van der Waals surface area contributed by atoms with E-state index in [9.17, 15) is 4.79 Å². The number of anilines is 3. The largest absolute Gasteiger partial charge is 0.399 e. The molecule has 3 N–H and O–H groups in total. The van der Waals surface area contributed by atoms with E-state index in [1.54, 1.807) is 24.3 Å². The zero-order valence-corrected chi connectivity index (χ0v) is 14.6. The van der Waals surface area contributed by atoms with Crippen molar-refractivity contribution in [3.63, 3.8) is 0 Å². The van der Waals surface area contributed by atoms with E-state index in [1.165, 1.54) is 0 Å². The molecular formula is C17H19Cl2N3O. The Hall–Kier alpha value is -1.91. The van der Waals surface area contributed by atoms with Gasteiger partial charge >= 0.3 is 0 Å². The summed E-state index contributed by atoms with van der Waals surface area (Å²) in [7, 11) is 0. The Kier molecular flexibility index (Phi) is 5.74. The molecule has 0 aliphatic rings. The van der Waals surface area contributed by atoms with Gasteiger partial charge in [-0.2, -0.15) is 0 Å². The standard InChI is InChI=1S/C17H19Cl2N3O/c1-3-22(4-2)16-8-6-12(20)10-15(16)21-17(23)13-9-11(18)5-7-14(13)19/h5-10H,3-4,20H2,1-2H3,(H,21,23). The minimum absolute atomic E-state index is 0.323. The van der Waals surface area contributed by atoms with Crippen molar-refractivity contribution in [1.29, 1.82) is 0 Å². The summed E-state index contributed by atoms with van der Waals surface area (Å²) in [5, 5.41) is 3.68. The lowest BCUT2D eigenvalue weighted by molar-refractivity contribution is 0.102. The summed E-state index contributed by atoms with van der Waals surface area (Å²) in [6, 6.07) is 10.2. The SMILES string of the molecule is CCN(CC)c1ccc(N)cc1NC(=O)c1cc(Cl)ccc1Cl. The van der Waals surface area contributed by atoms with Gasteiger partial charge in [0.25, 0.3) is 5.91 Å². The molecule has 0 fully saturated rings. The van der Waals surface area contributed by atoms with Crippen molar-refractivity contribution in [3.05, 3.63) is 52.0 Å². The van der Waals surface area contributed by atoms with Gasteiger partial charge in [0.1, 0.15) is 0 Å². The second-order valence-electron chi connectivity index (χ2n) is 5.03. The number of hydrogen-bond donors (Lipinski definition) is 2. The molecule has 0 saturated carbocycles. The number of nitrogens with two attached hydrogens (primary N) is 1. The molecule has 0 saturated heterocycles. The Bertz CT molecular complexity index is 715. The Morgan fingerprint density at radius 1 is 1.13 bits per heavy atom. The maximum absolute atomic E-state index is 12.5. The molecule has 2 aromatic rings. The predicted molar refractivity (Wildman–Crippen MR) is 98.8 cm³/mol. The van der Waals surface area contributed by atoms with Crippen LogP contribution in [0.2, 0.25) is 10.0 Å². The number of benzene rings is 2. The van der Waals surface area contributed by atoms with E-state index in [4.69, 9.17) is 28.9 Å². The summed E-state index contributed by atoms with van der Waals surface area (Å²) in [6.07, 6.45) is 0. The van der Waals surface area contributed by atoms with E-state index in [1.807, 2.05) is 12.1 Å². The van der Waals surface area contributed by atoms with Crippen molar-refractivity contribution in [3.8, 4) is 0 Å². The Morgan fingerprint density at radius 3 is 2.48 bits per heavy atom. The van der Waals surface area contributed by atoms with Gasteiger partial charge in [0.15, 0.2) is 0 Å². The Morgan fingerprint density at radius 2 is 1.83 bits per heavy atom. The third kappa shape index (κ3) is 4.09. The average molecular weight is 352 g/mol. The third-order valence-corrected chi connectivity index (χ3v) is 4.11. The quantitative estimate of drug-likeness (QED) is 0.769. The van der Waals surface area contributed by atoms with Crippen LogP contribution >= 0.6 is 23.2 Å². The van der Waals surface area contributed by atoms with Gasteiger partial charge in [0.05, 0.1) is 22.0 Å². The van der Waals surface area contributed by atoms with Crippen LogP contribution in [0, 0.1) is 0 Å². The summed E-state index contributed by atoms with van der Waals surface area (Å²) in [4.78, 5) is 14.7. The molecule has 122 valence electrons. The summed E-state index contributed by atoms with van der Waals surface area (Å²) < 4.78 is 0. The summed E-state index contributed by atoms with van der Waals surface area (Å²) in [5.41, 5.74) is 8.33. The van der Waals surface area contributed by atoms with E-state index < -0.39 is 0 Å². The zero-order valence-electron chi connectivity index (χ0n) is 13.1. The monoisotopic (exact) mass is 351 g/mol. The number of hydrogen-bond acceptors (Lipinski definition) is 3. The van der Waals surface area contributed by atoms with Crippen molar-refractivity contribution in [2.24, 2.45) is 0 Å². The predicted octanol–water partition coefficient (Wildman–Crippen LogP) is 4.67. The fourth-order valence-corrected chi connectivity index (χ4v) is 2.73. The first-order valence-corrected chi connectivity index (χ1v) is 8.12. The minimum Gasteiger partial charge on any atom is -0.399 e. The topological polar surface area (TPSA) is 58.4 Å². The van der Waals surface area contributed by atoms with Crippen LogP contribution in [-0.2, 0) is 0 Å². The first-order valence-electron chi connectivity index (χ1n) is 7.37. The van der Waals surface area contributed by atoms with Crippen molar-refractivity contribution >= 4 is 46.2 Å². The maximum Gasteiger partial charge on any atom is 0.257 e. The van der Waals surface area contributed by atoms with Crippen LogP contribution in [0.4, 0.5) is 17.1 Å². The van der Waals surface area contributed by atoms with Crippen LogP contribution in [-0.4, -0.2) is 19.0 Å². The normalized spacial score (nSPS) is 10.4. The zero-order chi connectivity index (χ0) is 17.0. The van der Waals surface area contributed by atoms with Crippen LogP contribution in [0.15, 0.2) is 36.4 Å². The highest BCUT2D eigenvalue weighted by Gasteiger charge is 2.15. The number of carbonyl (C=O) groups excluding carboxylic acids is 1. The van der Waals surface area contributed by atoms with E-state index >= 15 is 0 Å². The first-order chi connectivity index (χ1) is 11.0. The van der Waals surface area contributed by atoms with Gasteiger partial charge in [0, 0.05) is 23.8 Å². The van der Waals surface area contributed by atoms with Crippen molar-refractivity contribution in [2.45, 2.75) is 13.8 Å². The third-order valence-electron chi connectivity index (χ3n) is 3.55. The lowest BCUT2D eigenvalue weighted by Gasteiger charge is -2.24. The number of amides is 1. The number of halogens is 2. The molecule has 2 aromatic carbocycles. The number of nitrogens with zero attached hydrogens (tertiary/aromatic N) is 1. The highest BCUT2D eigenvalue weighted by atomic mass is 35.5. The molecule has 0 bridgehead atoms. The molecule has 0 radical (unpaired) electrons. The molecule has 23 heavy (non-hydrogen) atoms. The van der Waals surface area contributed by atoms with E-state index in [0.717, 1.165) is 18.8 Å². The average Bonchev–Trinajstić information content (AvgIpc) is 2.52. The van der Waals surface area contributed by atoms with Gasteiger partial charge < -0.3 is 16.0 Å². The second-order valence-corrected chi connectivity index (χ2v) is 5.87. The highest BCUT2D eigenvalue weighted by Crippen LogP contribution is 2.29. The van der Waals surface area contributed by atoms with Crippen LogP contribution in [0.3, 0.4) is 0 Å². The fourth-order valence-electron chi connectivity index (χ4n) is 2.35. The minimum atomic E-state index is -0.323. The molecule has 0 aliphatic carbocycles. The molecule has 1 amide bonds. The van der Waals surface area contributed by atoms with Crippen LogP contribution < -0.4 is 16.0 Å². The lowest BCUT2D eigenvalue weighted by Crippen LogP contribution is -2.24. The van der Waals surface area contributed by atoms with E-state index in [2.05, 4.69) is 24.1 Å².